The van der Waals surface area contributed by atoms with Crippen molar-refractivity contribution in [2.24, 2.45) is 0 Å². The number of hydrogen-bond acceptors (Lipinski definition) is 4. The number of amides is 1. The van der Waals surface area contributed by atoms with Gasteiger partial charge in [0.2, 0.25) is 5.91 Å². The summed E-state index contributed by atoms with van der Waals surface area (Å²) in [6, 6.07) is -0.138. The van der Waals surface area contributed by atoms with Crippen LogP contribution in [-0.2, 0) is 11.0 Å². The van der Waals surface area contributed by atoms with Crippen molar-refractivity contribution in [2.45, 2.75) is 25.1 Å². The minimum atomic E-state index is -4.42. The summed E-state index contributed by atoms with van der Waals surface area (Å²) in [5, 5.41) is 4.07. The minimum absolute atomic E-state index is 0.00801. The first-order chi connectivity index (χ1) is 8.36. The lowest BCUT2D eigenvalue weighted by Crippen LogP contribution is -2.40. The normalized spacial score (nSPS) is 21.2. The molecule has 100 valence electrons. The number of aromatic nitrogens is 1. The van der Waals surface area contributed by atoms with Gasteiger partial charge in [0.25, 0.3) is 0 Å². The highest BCUT2D eigenvalue weighted by Gasteiger charge is 2.34. The predicted molar refractivity (Wildman–Crippen MR) is 61.4 cm³/mol. The Kier molecular flexibility index (Phi) is 3.47. The third kappa shape index (κ3) is 2.92. The van der Waals surface area contributed by atoms with Crippen molar-refractivity contribution in [3.63, 3.8) is 0 Å². The average Bonchev–Trinajstić information content (AvgIpc) is 2.72. The molecule has 0 aliphatic carbocycles. The van der Waals surface area contributed by atoms with E-state index in [-0.39, 0.29) is 23.5 Å². The Bertz CT molecular complexity index is 446. The van der Waals surface area contributed by atoms with Crippen LogP contribution in [0.3, 0.4) is 0 Å². The number of halogens is 3. The largest absolute Gasteiger partial charge is 0.434 e. The molecule has 2 heterocycles. The molecular weight excluding hydrogens is 267 g/mol. The average molecular weight is 279 g/mol. The van der Waals surface area contributed by atoms with Gasteiger partial charge >= 0.3 is 6.18 Å². The number of alkyl halides is 3. The van der Waals surface area contributed by atoms with Gasteiger partial charge < -0.3 is 10.2 Å². The second-order valence-electron chi connectivity index (χ2n) is 4.19. The molecule has 0 bridgehead atoms. The van der Waals surface area contributed by atoms with Crippen LogP contribution in [0.25, 0.3) is 0 Å². The van der Waals surface area contributed by atoms with E-state index in [1.54, 1.807) is 11.9 Å². The lowest BCUT2D eigenvalue weighted by atomic mass is 10.1. The van der Waals surface area contributed by atoms with Gasteiger partial charge in [0, 0.05) is 31.4 Å². The molecule has 1 unspecified atom stereocenters. The fourth-order valence-electron chi connectivity index (χ4n) is 1.71. The van der Waals surface area contributed by atoms with Crippen LogP contribution >= 0.6 is 11.3 Å². The SMILES string of the molecule is CN1CCC(Nc2nc(C(F)(F)F)cs2)CC1=O. The molecule has 1 fully saturated rings. The Hall–Kier alpha value is -1.31. The summed E-state index contributed by atoms with van der Waals surface area (Å²) in [5.74, 6) is -0.00801. The zero-order valence-electron chi connectivity index (χ0n) is 9.62. The summed E-state index contributed by atoms with van der Waals surface area (Å²) >= 11 is 0.905. The molecule has 1 aromatic heterocycles. The van der Waals surface area contributed by atoms with Crippen molar-refractivity contribution in [1.29, 1.82) is 0 Å². The molecule has 0 spiro atoms. The van der Waals surface area contributed by atoms with E-state index in [2.05, 4.69) is 10.3 Å². The molecule has 1 aliphatic heterocycles. The Labute approximate surface area is 106 Å². The van der Waals surface area contributed by atoms with Crippen molar-refractivity contribution < 1.29 is 18.0 Å². The molecule has 4 nitrogen and oxygen atoms in total. The van der Waals surface area contributed by atoms with Crippen molar-refractivity contribution in [1.82, 2.24) is 9.88 Å². The van der Waals surface area contributed by atoms with Gasteiger partial charge in [-0.05, 0) is 6.42 Å². The molecule has 1 atom stereocenters. The van der Waals surface area contributed by atoms with Gasteiger partial charge in [-0.3, -0.25) is 4.79 Å². The topological polar surface area (TPSA) is 45.2 Å². The van der Waals surface area contributed by atoms with Crippen molar-refractivity contribution in [3.05, 3.63) is 11.1 Å². The summed E-state index contributed by atoms with van der Waals surface area (Å²) in [6.07, 6.45) is -3.42. The third-order valence-corrected chi connectivity index (χ3v) is 3.56. The smallest absolute Gasteiger partial charge is 0.358 e. The highest BCUT2D eigenvalue weighted by Crippen LogP contribution is 2.32. The first-order valence-electron chi connectivity index (χ1n) is 5.39. The number of nitrogens with one attached hydrogen (secondary N) is 1. The molecule has 0 saturated carbocycles. The van der Waals surface area contributed by atoms with E-state index in [0.717, 1.165) is 16.7 Å². The quantitative estimate of drug-likeness (QED) is 0.902. The van der Waals surface area contributed by atoms with E-state index < -0.39 is 11.9 Å². The number of likely N-dealkylation sites (tertiary alicyclic amines) is 1. The molecule has 2 rings (SSSR count). The van der Waals surface area contributed by atoms with Gasteiger partial charge in [0.15, 0.2) is 10.8 Å². The molecule has 18 heavy (non-hydrogen) atoms. The monoisotopic (exact) mass is 279 g/mol. The number of anilines is 1. The van der Waals surface area contributed by atoms with Crippen molar-refractivity contribution in [3.8, 4) is 0 Å². The first-order valence-corrected chi connectivity index (χ1v) is 6.27. The maximum atomic E-state index is 12.3. The molecule has 0 aromatic carbocycles. The summed E-state index contributed by atoms with van der Waals surface area (Å²) in [7, 11) is 1.71. The molecule has 1 N–H and O–H groups in total. The number of piperidine rings is 1. The van der Waals surface area contributed by atoms with E-state index in [1.807, 2.05) is 0 Å². The summed E-state index contributed by atoms with van der Waals surface area (Å²) in [5.41, 5.74) is -0.894. The Morgan fingerprint density at radius 1 is 1.56 bits per heavy atom. The maximum Gasteiger partial charge on any atom is 0.434 e. The number of hydrogen-bond donors (Lipinski definition) is 1. The van der Waals surface area contributed by atoms with Gasteiger partial charge in [-0.15, -0.1) is 11.3 Å². The zero-order valence-corrected chi connectivity index (χ0v) is 10.4. The maximum absolute atomic E-state index is 12.3. The van der Waals surface area contributed by atoms with Crippen LogP contribution in [0.15, 0.2) is 5.38 Å². The lowest BCUT2D eigenvalue weighted by Gasteiger charge is -2.29. The van der Waals surface area contributed by atoms with Gasteiger partial charge in [0.05, 0.1) is 0 Å². The van der Waals surface area contributed by atoms with E-state index in [1.165, 1.54) is 0 Å². The number of thiazole rings is 1. The van der Waals surface area contributed by atoms with Crippen LogP contribution in [-0.4, -0.2) is 35.4 Å². The van der Waals surface area contributed by atoms with Crippen LogP contribution in [0.1, 0.15) is 18.5 Å². The summed E-state index contributed by atoms with van der Waals surface area (Å²) < 4.78 is 37.0. The van der Waals surface area contributed by atoms with E-state index in [4.69, 9.17) is 0 Å². The number of rotatable bonds is 2. The van der Waals surface area contributed by atoms with Crippen LogP contribution < -0.4 is 5.32 Å². The van der Waals surface area contributed by atoms with E-state index in [0.29, 0.717) is 13.0 Å². The first kappa shape index (κ1) is 13.1. The van der Waals surface area contributed by atoms with Gasteiger partial charge in [-0.25, -0.2) is 4.98 Å². The molecule has 1 amide bonds. The van der Waals surface area contributed by atoms with Crippen LogP contribution in [0.2, 0.25) is 0 Å². The second kappa shape index (κ2) is 4.75. The predicted octanol–water partition coefficient (Wildman–Crippen LogP) is 2.19. The second-order valence-corrected chi connectivity index (χ2v) is 5.04. The van der Waals surface area contributed by atoms with Crippen molar-refractivity contribution >= 4 is 22.4 Å². The Balaban J connectivity index is 1.98. The zero-order chi connectivity index (χ0) is 13.3. The fraction of sp³-hybridized carbons (Fsp3) is 0.600. The van der Waals surface area contributed by atoms with E-state index in [9.17, 15) is 18.0 Å². The number of carbonyl (C=O) groups is 1. The summed E-state index contributed by atoms with van der Waals surface area (Å²) in [4.78, 5) is 16.5. The fourth-order valence-corrected chi connectivity index (χ4v) is 2.51. The van der Waals surface area contributed by atoms with Crippen LogP contribution in [0.5, 0.6) is 0 Å². The Morgan fingerprint density at radius 3 is 2.83 bits per heavy atom. The van der Waals surface area contributed by atoms with E-state index >= 15 is 0 Å². The number of carbonyl (C=O) groups excluding carboxylic acids is 1. The van der Waals surface area contributed by atoms with Gasteiger partial charge in [-0.2, -0.15) is 13.2 Å². The molecular formula is C10H12F3N3OS. The molecule has 8 heteroatoms. The van der Waals surface area contributed by atoms with Gasteiger partial charge in [0.1, 0.15) is 0 Å². The van der Waals surface area contributed by atoms with Crippen LogP contribution in [0, 0.1) is 0 Å². The molecule has 1 aromatic rings. The molecule has 1 saturated heterocycles. The minimum Gasteiger partial charge on any atom is -0.358 e. The van der Waals surface area contributed by atoms with Crippen LogP contribution in [0.4, 0.5) is 18.3 Å². The highest BCUT2D eigenvalue weighted by molar-refractivity contribution is 7.13. The van der Waals surface area contributed by atoms with Gasteiger partial charge in [-0.1, -0.05) is 0 Å². The standard InChI is InChI=1S/C10H12F3N3OS/c1-16-3-2-6(4-8(16)17)14-9-15-7(5-18-9)10(11,12)13/h5-6H,2-4H2,1H3,(H,14,15). The third-order valence-electron chi connectivity index (χ3n) is 2.78. The molecule has 0 radical (unpaired) electrons. The number of nitrogens with zero attached hydrogens (tertiary/aromatic N) is 2. The Morgan fingerprint density at radius 2 is 2.28 bits per heavy atom. The molecule has 1 aliphatic rings. The lowest BCUT2D eigenvalue weighted by molar-refractivity contribution is -0.140. The summed E-state index contributed by atoms with van der Waals surface area (Å²) in [6.45, 7) is 0.605. The highest BCUT2D eigenvalue weighted by atomic mass is 32.1. The van der Waals surface area contributed by atoms with Crippen molar-refractivity contribution in [2.75, 3.05) is 18.9 Å².